The zero-order valence-corrected chi connectivity index (χ0v) is 11.4. The molecule has 6 heteroatoms. The molecule has 0 N–H and O–H groups in total. The highest BCUT2D eigenvalue weighted by Crippen LogP contribution is 2.29. The van der Waals surface area contributed by atoms with Crippen molar-refractivity contribution in [3.8, 4) is 5.75 Å². The van der Waals surface area contributed by atoms with E-state index in [0.29, 0.717) is 5.56 Å². The Morgan fingerprint density at radius 1 is 1.41 bits per heavy atom. The smallest absolute Gasteiger partial charge is 0.236 e. The molecule has 3 nitrogen and oxygen atoms in total. The summed E-state index contributed by atoms with van der Waals surface area (Å²) in [4.78, 5) is 0. The standard InChI is InChI=1S/C11H14ClFO3S/c1-7(2)8-4-9(6-17(12,14)15)11(16-3)10(13)5-8/h4-5,7H,6H2,1-3H3. The molecule has 0 atom stereocenters. The molecule has 17 heavy (non-hydrogen) atoms. The maximum atomic E-state index is 13.7. The van der Waals surface area contributed by atoms with Crippen LogP contribution in [0.15, 0.2) is 12.1 Å². The highest BCUT2D eigenvalue weighted by Gasteiger charge is 2.17. The Kier molecular flexibility index (Phi) is 4.38. The zero-order valence-electron chi connectivity index (χ0n) is 9.83. The largest absolute Gasteiger partial charge is 0.493 e. The first-order valence-electron chi connectivity index (χ1n) is 5.03. The summed E-state index contributed by atoms with van der Waals surface area (Å²) in [6.07, 6.45) is 0. The molecule has 0 saturated carbocycles. The fourth-order valence-electron chi connectivity index (χ4n) is 1.53. The molecule has 0 unspecified atom stereocenters. The number of hydrogen-bond donors (Lipinski definition) is 0. The molecule has 0 spiro atoms. The van der Waals surface area contributed by atoms with Crippen LogP contribution in [0.3, 0.4) is 0 Å². The molecule has 1 aromatic rings. The van der Waals surface area contributed by atoms with Crippen LogP contribution in [0.1, 0.15) is 30.9 Å². The first-order valence-corrected chi connectivity index (χ1v) is 7.51. The zero-order chi connectivity index (χ0) is 13.2. The van der Waals surface area contributed by atoms with Gasteiger partial charge in [-0.3, -0.25) is 0 Å². The molecular weight excluding hydrogens is 267 g/mol. The van der Waals surface area contributed by atoms with Crippen molar-refractivity contribution in [3.63, 3.8) is 0 Å². The molecule has 96 valence electrons. The molecule has 0 fully saturated rings. The third-order valence-electron chi connectivity index (χ3n) is 2.34. The Morgan fingerprint density at radius 3 is 2.41 bits per heavy atom. The van der Waals surface area contributed by atoms with Crippen LogP contribution in [0.2, 0.25) is 0 Å². The summed E-state index contributed by atoms with van der Waals surface area (Å²) < 4.78 is 40.6. The van der Waals surface area contributed by atoms with E-state index in [-0.39, 0.29) is 17.2 Å². The van der Waals surface area contributed by atoms with Gasteiger partial charge in [0.15, 0.2) is 11.6 Å². The van der Waals surface area contributed by atoms with Gasteiger partial charge in [-0.25, -0.2) is 12.8 Å². The van der Waals surface area contributed by atoms with Crippen molar-refractivity contribution in [2.75, 3.05) is 7.11 Å². The van der Waals surface area contributed by atoms with Crippen molar-refractivity contribution in [2.45, 2.75) is 25.5 Å². The van der Waals surface area contributed by atoms with Crippen LogP contribution in [-0.2, 0) is 14.8 Å². The normalized spacial score (nSPS) is 11.9. The van der Waals surface area contributed by atoms with Crippen molar-refractivity contribution < 1.29 is 17.5 Å². The van der Waals surface area contributed by atoms with Crippen LogP contribution in [-0.4, -0.2) is 15.5 Å². The van der Waals surface area contributed by atoms with Gasteiger partial charge in [-0.1, -0.05) is 19.9 Å². The van der Waals surface area contributed by atoms with Gasteiger partial charge in [0.05, 0.1) is 12.9 Å². The molecule has 0 aromatic heterocycles. The minimum Gasteiger partial charge on any atom is -0.493 e. The Bertz CT molecular complexity index is 512. The van der Waals surface area contributed by atoms with Crippen LogP contribution < -0.4 is 4.74 Å². The van der Waals surface area contributed by atoms with Crippen molar-refractivity contribution in [1.82, 2.24) is 0 Å². The summed E-state index contributed by atoms with van der Waals surface area (Å²) in [7, 11) is 2.72. The van der Waals surface area contributed by atoms with Gasteiger partial charge in [-0.05, 0) is 17.5 Å². The lowest BCUT2D eigenvalue weighted by Crippen LogP contribution is -2.03. The first kappa shape index (κ1) is 14.3. The number of ether oxygens (including phenoxy) is 1. The van der Waals surface area contributed by atoms with Crippen molar-refractivity contribution in [2.24, 2.45) is 0 Å². The van der Waals surface area contributed by atoms with Gasteiger partial charge in [-0.15, -0.1) is 0 Å². The van der Waals surface area contributed by atoms with E-state index in [0.717, 1.165) is 0 Å². The average molecular weight is 281 g/mol. The topological polar surface area (TPSA) is 43.4 Å². The third kappa shape index (κ3) is 3.85. The SMILES string of the molecule is COc1c(F)cc(C(C)C)cc1CS(=O)(=O)Cl. The summed E-state index contributed by atoms with van der Waals surface area (Å²) in [6, 6.07) is 2.94. The van der Waals surface area contributed by atoms with Gasteiger partial charge in [0, 0.05) is 16.2 Å². The van der Waals surface area contributed by atoms with Crippen molar-refractivity contribution in [1.29, 1.82) is 0 Å². The lowest BCUT2D eigenvalue weighted by molar-refractivity contribution is 0.382. The van der Waals surface area contributed by atoms with Gasteiger partial charge in [0.1, 0.15) is 0 Å². The fourth-order valence-corrected chi connectivity index (χ4v) is 2.47. The number of rotatable bonds is 4. The fraction of sp³-hybridized carbons (Fsp3) is 0.455. The van der Waals surface area contributed by atoms with Gasteiger partial charge in [0.2, 0.25) is 9.05 Å². The quantitative estimate of drug-likeness (QED) is 0.796. The molecule has 0 saturated heterocycles. The molecule has 0 amide bonds. The molecule has 1 rings (SSSR count). The van der Waals surface area contributed by atoms with E-state index in [2.05, 4.69) is 0 Å². The van der Waals surface area contributed by atoms with Crippen molar-refractivity contribution in [3.05, 3.63) is 29.1 Å². The van der Waals surface area contributed by atoms with Gasteiger partial charge < -0.3 is 4.74 Å². The monoisotopic (exact) mass is 280 g/mol. The molecule has 0 aliphatic rings. The summed E-state index contributed by atoms with van der Waals surface area (Å²) in [5.41, 5.74) is 0.949. The highest BCUT2D eigenvalue weighted by molar-refractivity contribution is 8.13. The summed E-state index contributed by atoms with van der Waals surface area (Å²) in [6.45, 7) is 3.78. The van der Waals surface area contributed by atoms with Gasteiger partial charge >= 0.3 is 0 Å². The Labute approximate surface area is 105 Å². The van der Waals surface area contributed by atoms with Gasteiger partial charge in [-0.2, -0.15) is 0 Å². The lowest BCUT2D eigenvalue weighted by atomic mass is 10.0. The summed E-state index contributed by atoms with van der Waals surface area (Å²) in [5.74, 6) is -1.00. The van der Waals surface area contributed by atoms with E-state index in [4.69, 9.17) is 15.4 Å². The summed E-state index contributed by atoms with van der Waals surface area (Å²) >= 11 is 0. The van der Waals surface area contributed by atoms with Crippen LogP contribution in [0.25, 0.3) is 0 Å². The second kappa shape index (κ2) is 5.23. The number of methoxy groups -OCH3 is 1. The van der Waals surface area contributed by atoms with E-state index < -0.39 is 20.6 Å². The van der Waals surface area contributed by atoms with Crippen LogP contribution in [0.4, 0.5) is 4.39 Å². The minimum atomic E-state index is -3.74. The molecular formula is C11H14ClFO3S. The number of halogens is 2. The number of benzene rings is 1. The second-order valence-corrected chi connectivity index (χ2v) is 6.81. The van der Waals surface area contributed by atoms with E-state index in [1.54, 1.807) is 6.07 Å². The molecule has 0 heterocycles. The maximum Gasteiger partial charge on any atom is 0.236 e. The van der Waals surface area contributed by atoms with Crippen LogP contribution in [0, 0.1) is 5.82 Å². The average Bonchev–Trinajstić information content (AvgIpc) is 2.14. The second-order valence-electron chi connectivity index (χ2n) is 4.03. The Morgan fingerprint density at radius 2 is 2.00 bits per heavy atom. The van der Waals surface area contributed by atoms with E-state index in [1.807, 2.05) is 13.8 Å². The first-order chi connectivity index (χ1) is 7.74. The number of hydrogen-bond acceptors (Lipinski definition) is 3. The van der Waals surface area contributed by atoms with Crippen LogP contribution >= 0.6 is 10.7 Å². The van der Waals surface area contributed by atoms with E-state index in [1.165, 1.54) is 13.2 Å². The van der Waals surface area contributed by atoms with E-state index in [9.17, 15) is 12.8 Å². The van der Waals surface area contributed by atoms with Gasteiger partial charge in [0.25, 0.3) is 0 Å². The molecule has 0 aliphatic carbocycles. The molecule has 1 aromatic carbocycles. The minimum absolute atomic E-state index is 0.0707. The third-order valence-corrected chi connectivity index (χ3v) is 3.32. The molecule has 0 bridgehead atoms. The molecule has 0 radical (unpaired) electrons. The highest BCUT2D eigenvalue weighted by atomic mass is 35.7. The Hall–Kier alpha value is -0.810. The van der Waals surface area contributed by atoms with Crippen molar-refractivity contribution >= 4 is 19.7 Å². The van der Waals surface area contributed by atoms with E-state index >= 15 is 0 Å². The van der Waals surface area contributed by atoms with Crippen LogP contribution in [0.5, 0.6) is 5.75 Å². The Balaban J connectivity index is 3.34. The maximum absolute atomic E-state index is 13.7. The summed E-state index contributed by atoms with van der Waals surface area (Å²) in [5, 5.41) is 0. The predicted molar refractivity (Wildman–Crippen MR) is 65.5 cm³/mol. The lowest BCUT2D eigenvalue weighted by Gasteiger charge is -2.13. The predicted octanol–water partition coefficient (Wildman–Crippen LogP) is 3.03. The molecule has 0 aliphatic heterocycles.